The molecule has 0 radical (unpaired) electrons. The van der Waals surface area contributed by atoms with E-state index in [0.29, 0.717) is 12.1 Å². The zero-order valence-electron chi connectivity index (χ0n) is 11.7. The van der Waals surface area contributed by atoms with Gasteiger partial charge in [-0.15, -0.1) is 0 Å². The van der Waals surface area contributed by atoms with Crippen LogP contribution >= 0.6 is 0 Å². The molecule has 0 aromatic heterocycles. The number of ether oxygens (including phenoxy) is 1. The second-order valence-corrected chi connectivity index (χ2v) is 5.12. The molecule has 0 saturated heterocycles. The summed E-state index contributed by atoms with van der Waals surface area (Å²) in [5.74, 6) is 0. The molecule has 1 aliphatic carbocycles. The molecule has 0 aliphatic heterocycles. The third kappa shape index (κ3) is 4.23. The van der Waals surface area contributed by atoms with Crippen LogP contribution in [0.5, 0.6) is 0 Å². The van der Waals surface area contributed by atoms with Gasteiger partial charge in [0.15, 0.2) is 0 Å². The Morgan fingerprint density at radius 3 is 2.41 bits per heavy atom. The van der Waals surface area contributed by atoms with Crippen molar-refractivity contribution >= 4 is 0 Å². The summed E-state index contributed by atoms with van der Waals surface area (Å²) >= 11 is 0. The zero-order valence-corrected chi connectivity index (χ0v) is 11.7. The summed E-state index contributed by atoms with van der Waals surface area (Å²) in [6.45, 7) is 6.19. The van der Waals surface area contributed by atoms with Crippen molar-refractivity contribution in [1.82, 2.24) is 4.90 Å². The van der Waals surface area contributed by atoms with Gasteiger partial charge < -0.3 is 9.84 Å². The molecule has 0 amide bonds. The number of nitrogens with zero attached hydrogens (tertiary/aromatic N) is 1. The van der Waals surface area contributed by atoms with Gasteiger partial charge in [0.2, 0.25) is 0 Å². The van der Waals surface area contributed by atoms with Gasteiger partial charge in [-0.25, -0.2) is 0 Å². The van der Waals surface area contributed by atoms with Crippen LogP contribution in [0.15, 0.2) is 0 Å². The van der Waals surface area contributed by atoms with Crippen LogP contribution in [-0.4, -0.2) is 48.5 Å². The Morgan fingerprint density at radius 2 is 1.88 bits per heavy atom. The van der Waals surface area contributed by atoms with Crippen molar-refractivity contribution in [3.63, 3.8) is 0 Å². The molecular formula is C14H29NO2. The van der Waals surface area contributed by atoms with Gasteiger partial charge in [0.25, 0.3) is 0 Å². The maximum absolute atomic E-state index is 10.2. The molecule has 102 valence electrons. The van der Waals surface area contributed by atoms with Crippen LogP contribution in [0.25, 0.3) is 0 Å². The average molecular weight is 243 g/mol. The van der Waals surface area contributed by atoms with E-state index < -0.39 is 0 Å². The van der Waals surface area contributed by atoms with Crippen LogP contribution in [0.3, 0.4) is 0 Å². The monoisotopic (exact) mass is 243 g/mol. The van der Waals surface area contributed by atoms with Gasteiger partial charge in [-0.2, -0.15) is 0 Å². The lowest BCUT2D eigenvalue weighted by Crippen LogP contribution is -2.51. The molecule has 2 atom stereocenters. The van der Waals surface area contributed by atoms with Crippen LogP contribution in [0.1, 0.15) is 52.4 Å². The summed E-state index contributed by atoms with van der Waals surface area (Å²) in [7, 11) is 1.75. The summed E-state index contributed by atoms with van der Waals surface area (Å²) < 4.78 is 5.21. The van der Waals surface area contributed by atoms with Crippen molar-refractivity contribution < 1.29 is 9.84 Å². The quantitative estimate of drug-likeness (QED) is 0.745. The summed E-state index contributed by atoms with van der Waals surface area (Å²) in [6.07, 6.45) is 6.72. The van der Waals surface area contributed by atoms with Gasteiger partial charge in [0.05, 0.1) is 12.7 Å². The van der Waals surface area contributed by atoms with Crippen molar-refractivity contribution in [3.05, 3.63) is 0 Å². The van der Waals surface area contributed by atoms with E-state index in [1.807, 2.05) is 0 Å². The lowest BCUT2D eigenvalue weighted by molar-refractivity contribution is -0.0144. The molecule has 1 fully saturated rings. The molecule has 1 saturated carbocycles. The fourth-order valence-electron chi connectivity index (χ4n) is 3.05. The molecule has 0 aromatic rings. The first-order chi connectivity index (χ1) is 8.24. The largest absolute Gasteiger partial charge is 0.391 e. The fourth-order valence-corrected chi connectivity index (χ4v) is 3.05. The molecule has 1 N–H and O–H groups in total. The second kappa shape index (κ2) is 8.06. The minimum absolute atomic E-state index is 0.138. The van der Waals surface area contributed by atoms with Gasteiger partial charge in [-0.3, -0.25) is 4.90 Å². The minimum Gasteiger partial charge on any atom is -0.391 e. The first-order valence-electron chi connectivity index (χ1n) is 7.17. The Hall–Kier alpha value is -0.120. The smallest absolute Gasteiger partial charge is 0.0695 e. The topological polar surface area (TPSA) is 32.7 Å². The van der Waals surface area contributed by atoms with E-state index in [1.54, 1.807) is 7.11 Å². The molecular weight excluding hydrogens is 214 g/mol. The van der Waals surface area contributed by atoms with Crippen LogP contribution in [0.2, 0.25) is 0 Å². The second-order valence-electron chi connectivity index (χ2n) is 5.12. The molecule has 1 rings (SSSR count). The standard InChI is InChI=1S/C14H29NO2/c1-4-12(5-2)15(10-11-17-3)13-8-6-7-9-14(13)16/h12-14,16H,4-11H2,1-3H3/t13-,14-/m1/s1. The predicted octanol–water partition coefficient (Wildman–Crippen LogP) is 2.43. The molecule has 0 unspecified atom stereocenters. The molecule has 0 bridgehead atoms. The molecule has 1 aliphatic rings. The number of rotatable bonds is 7. The number of hydrogen-bond acceptors (Lipinski definition) is 3. The third-order valence-electron chi connectivity index (χ3n) is 4.09. The summed E-state index contributed by atoms with van der Waals surface area (Å²) in [4.78, 5) is 2.49. The highest BCUT2D eigenvalue weighted by Crippen LogP contribution is 2.26. The summed E-state index contributed by atoms with van der Waals surface area (Å²) in [5, 5.41) is 10.2. The van der Waals surface area contributed by atoms with E-state index >= 15 is 0 Å². The third-order valence-corrected chi connectivity index (χ3v) is 4.09. The molecule has 17 heavy (non-hydrogen) atoms. The highest BCUT2D eigenvalue weighted by atomic mass is 16.5. The lowest BCUT2D eigenvalue weighted by atomic mass is 9.89. The zero-order chi connectivity index (χ0) is 12.7. The van der Waals surface area contributed by atoms with Crippen molar-refractivity contribution in [1.29, 1.82) is 0 Å². The Bertz CT molecular complexity index is 195. The van der Waals surface area contributed by atoms with Crippen molar-refractivity contribution in [3.8, 4) is 0 Å². The van der Waals surface area contributed by atoms with Crippen molar-refractivity contribution in [2.45, 2.75) is 70.6 Å². The van der Waals surface area contributed by atoms with E-state index in [1.165, 1.54) is 12.8 Å². The number of methoxy groups -OCH3 is 1. The first-order valence-corrected chi connectivity index (χ1v) is 7.17. The van der Waals surface area contributed by atoms with Crippen molar-refractivity contribution in [2.24, 2.45) is 0 Å². The van der Waals surface area contributed by atoms with Crippen molar-refractivity contribution in [2.75, 3.05) is 20.3 Å². The SMILES string of the molecule is CCC(CC)N(CCOC)[C@@H]1CCCC[C@H]1O. The summed E-state index contributed by atoms with van der Waals surface area (Å²) in [6, 6.07) is 0.937. The van der Waals surface area contributed by atoms with E-state index in [2.05, 4.69) is 18.7 Å². The van der Waals surface area contributed by atoms with E-state index in [9.17, 15) is 5.11 Å². The van der Waals surface area contributed by atoms with Gasteiger partial charge in [0.1, 0.15) is 0 Å². The Balaban J connectivity index is 2.65. The van der Waals surface area contributed by atoms with Crippen LogP contribution < -0.4 is 0 Å². The minimum atomic E-state index is -0.138. The highest BCUT2D eigenvalue weighted by molar-refractivity contribution is 4.86. The Kier molecular flexibility index (Phi) is 7.09. The number of hydrogen-bond donors (Lipinski definition) is 1. The molecule has 0 aromatic carbocycles. The Labute approximate surface area is 106 Å². The molecule has 3 heteroatoms. The van der Waals surface area contributed by atoms with Crippen LogP contribution in [0, 0.1) is 0 Å². The van der Waals surface area contributed by atoms with E-state index in [4.69, 9.17) is 4.74 Å². The van der Waals surface area contributed by atoms with E-state index in [0.717, 1.165) is 38.8 Å². The van der Waals surface area contributed by atoms with E-state index in [-0.39, 0.29) is 6.10 Å². The average Bonchev–Trinajstić information content (AvgIpc) is 2.36. The highest BCUT2D eigenvalue weighted by Gasteiger charge is 2.31. The summed E-state index contributed by atoms with van der Waals surface area (Å²) in [5.41, 5.74) is 0. The predicted molar refractivity (Wildman–Crippen MR) is 71.2 cm³/mol. The maximum atomic E-state index is 10.2. The van der Waals surface area contributed by atoms with Gasteiger partial charge in [-0.05, 0) is 25.7 Å². The van der Waals surface area contributed by atoms with Gasteiger partial charge in [-0.1, -0.05) is 26.7 Å². The van der Waals surface area contributed by atoms with Gasteiger partial charge >= 0.3 is 0 Å². The van der Waals surface area contributed by atoms with Crippen LogP contribution in [-0.2, 0) is 4.74 Å². The Morgan fingerprint density at radius 1 is 1.24 bits per heavy atom. The maximum Gasteiger partial charge on any atom is 0.0695 e. The van der Waals surface area contributed by atoms with Gasteiger partial charge in [0, 0.05) is 25.7 Å². The number of aliphatic hydroxyl groups is 1. The normalized spacial score (nSPS) is 25.8. The van der Waals surface area contributed by atoms with Crippen LogP contribution in [0.4, 0.5) is 0 Å². The molecule has 3 nitrogen and oxygen atoms in total. The number of aliphatic hydroxyl groups excluding tert-OH is 1. The molecule has 0 spiro atoms. The fraction of sp³-hybridized carbons (Fsp3) is 1.00. The first kappa shape index (κ1) is 14.9. The molecule has 0 heterocycles. The lowest BCUT2D eigenvalue weighted by Gasteiger charge is -2.42.